The largest absolute Gasteiger partial charge is 0.463 e. The number of rotatable bonds is 28. The molecule has 0 aliphatic rings. The Kier molecular flexibility index (Phi) is 22.6. The molecule has 0 spiro atoms. The Hall–Kier alpha value is -2.24. The van der Waals surface area contributed by atoms with Crippen LogP contribution in [0.15, 0.2) is 60.9 Å². The normalized spacial score (nSPS) is 11.9. The van der Waals surface area contributed by atoms with E-state index in [-0.39, 0.29) is 18.7 Å². The van der Waals surface area contributed by atoms with E-state index in [0.29, 0.717) is 19.6 Å². The van der Waals surface area contributed by atoms with Gasteiger partial charge >= 0.3 is 5.97 Å². The zero-order valence-electron chi connectivity index (χ0n) is 26.7. The number of hydrogen-bond acceptors (Lipinski definition) is 4. The van der Waals surface area contributed by atoms with Gasteiger partial charge in [-0.05, 0) is 12.0 Å². The SMILES string of the molecule is CCCCCCCCCCCCCCCCCCOC[C@H](COC(=O)CCC[n+]1ccccc1)OCc1ccccc1. The number of esters is 1. The van der Waals surface area contributed by atoms with E-state index in [2.05, 4.69) is 11.5 Å². The van der Waals surface area contributed by atoms with E-state index in [9.17, 15) is 4.79 Å². The van der Waals surface area contributed by atoms with Crippen molar-refractivity contribution < 1.29 is 23.6 Å². The minimum absolute atomic E-state index is 0.183. The van der Waals surface area contributed by atoms with Gasteiger partial charge in [-0.1, -0.05) is 140 Å². The summed E-state index contributed by atoms with van der Waals surface area (Å²) in [6.45, 7) is 4.96. The molecule has 0 bridgehead atoms. The van der Waals surface area contributed by atoms with Gasteiger partial charge in [0.25, 0.3) is 0 Å². The summed E-state index contributed by atoms with van der Waals surface area (Å²) in [5, 5.41) is 0. The lowest BCUT2D eigenvalue weighted by molar-refractivity contribution is -0.697. The van der Waals surface area contributed by atoms with Crippen molar-refractivity contribution in [2.45, 2.75) is 142 Å². The number of aromatic nitrogens is 1. The lowest BCUT2D eigenvalue weighted by Crippen LogP contribution is -2.32. The van der Waals surface area contributed by atoms with E-state index >= 15 is 0 Å². The summed E-state index contributed by atoms with van der Waals surface area (Å²) in [6.07, 6.45) is 26.7. The highest BCUT2D eigenvalue weighted by atomic mass is 16.6. The Bertz CT molecular complexity index is 861. The van der Waals surface area contributed by atoms with Crippen LogP contribution >= 0.6 is 0 Å². The first kappa shape index (κ1) is 36.0. The molecule has 42 heavy (non-hydrogen) atoms. The van der Waals surface area contributed by atoms with Crippen LogP contribution in [0.5, 0.6) is 0 Å². The Labute approximate surface area is 257 Å². The molecular formula is C37H60NO4+. The summed E-state index contributed by atoms with van der Waals surface area (Å²) < 4.78 is 19.7. The average Bonchev–Trinajstić information content (AvgIpc) is 3.02. The molecule has 1 aromatic carbocycles. The van der Waals surface area contributed by atoms with Crippen LogP contribution in [-0.2, 0) is 32.2 Å². The lowest BCUT2D eigenvalue weighted by atomic mass is 10.0. The number of unbranched alkanes of at least 4 members (excludes halogenated alkanes) is 15. The van der Waals surface area contributed by atoms with E-state index < -0.39 is 0 Å². The van der Waals surface area contributed by atoms with E-state index in [1.54, 1.807) is 0 Å². The van der Waals surface area contributed by atoms with Crippen LogP contribution in [0.1, 0.15) is 128 Å². The molecule has 5 heteroatoms. The van der Waals surface area contributed by atoms with Gasteiger partial charge in [0.05, 0.1) is 19.6 Å². The third-order valence-corrected chi connectivity index (χ3v) is 7.78. The minimum atomic E-state index is -0.265. The number of hydrogen-bond donors (Lipinski definition) is 0. The fourth-order valence-electron chi connectivity index (χ4n) is 5.15. The Morgan fingerprint density at radius 1 is 0.667 bits per heavy atom. The van der Waals surface area contributed by atoms with Gasteiger partial charge in [0.15, 0.2) is 12.4 Å². The topological polar surface area (TPSA) is 48.6 Å². The highest BCUT2D eigenvalue weighted by Crippen LogP contribution is 2.14. The summed E-state index contributed by atoms with van der Waals surface area (Å²) in [5.41, 5.74) is 1.10. The van der Waals surface area contributed by atoms with Gasteiger partial charge in [-0.25, -0.2) is 4.57 Å². The summed E-state index contributed by atoms with van der Waals surface area (Å²) in [5.74, 6) is -0.183. The van der Waals surface area contributed by atoms with E-state index in [0.717, 1.165) is 31.6 Å². The van der Waals surface area contributed by atoms with Gasteiger partial charge in [0, 0.05) is 25.2 Å². The monoisotopic (exact) mass is 582 g/mol. The maximum Gasteiger partial charge on any atom is 0.306 e. The zero-order chi connectivity index (χ0) is 29.8. The van der Waals surface area contributed by atoms with Gasteiger partial charge in [-0.3, -0.25) is 4.79 Å². The summed E-state index contributed by atoms with van der Waals surface area (Å²) in [7, 11) is 0. The lowest BCUT2D eigenvalue weighted by Gasteiger charge is -2.18. The molecule has 0 fully saturated rings. The van der Waals surface area contributed by atoms with Crippen molar-refractivity contribution in [3.63, 3.8) is 0 Å². The highest BCUT2D eigenvalue weighted by molar-refractivity contribution is 5.69. The van der Waals surface area contributed by atoms with Crippen LogP contribution in [0.3, 0.4) is 0 Å². The molecule has 0 unspecified atom stereocenters. The standard InChI is InChI=1S/C37H60NO4/c1-2-3-4-5-6-7-8-9-10-11-12-13-14-15-16-23-31-40-33-36(41-32-35-25-19-17-20-26-35)34-42-37(39)27-24-30-38-28-21-18-22-29-38/h17-22,25-26,28-29,36H,2-16,23-24,27,30-34H2,1H3/q+1/t36-/m1/s1. The first-order chi connectivity index (χ1) is 20.8. The quantitative estimate of drug-likeness (QED) is 0.0570. The molecular weight excluding hydrogens is 522 g/mol. The second-order valence-corrected chi connectivity index (χ2v) is 11.7. The Balaban J connectivity index is 1.48. The molecule has 236 valence electrons. The second kappa shape index (κ2) is 26.4. The molecule has 0 saturated heterocycles. The molecule has 0 aliphatic heterocycles. The molecule has 0 saturated carbocycles. The summed E-state index contributed by atoms with van der Waals surface area (Å²) >= 11 is 0. The molecule has 1 atom stereocenters. The number of pyridine rings is 1. The van der Waals surface area contributed by atoms with E-state index in [4.69, 9.17) is 14.2 Å². The smallest absolute Gasteiger partial charge is 0.306 e. The van der Waals surface area contributed by atoms with Crippen LogP contribution in [0.4, 0.5) is 0 Å². The fraction of sp³-hybridized carbons (Fsp3) is 0.676. The molecule has 5 nitrogen and oxygen atoms in total. The van der Waals surface area contributed by atoms with Crippen LogP contribution in [0, 0.1) is 0 Å². The van der Waals surface area contributed by atoms with Gasteiger partial charge in [-0.2, -0.15) is 0 Å². The Morgan fingerprint density at radius 2 is 1.21 bits per heavy atom. The molecule has 1 aromatic heterocycles. The minimum Gasteiger partial charge on any atom is -0.463 e. The van der Waals surface area contributed by atoms with E-state index in [1.807, 2.05) is 60.9 Å². The third kappa shape index (κ3) is 20.6. The van der Waals surface area contributed by atoms with Crippen molar-refractivity contribution in [2.75, 3.05) is 19.8 Å². The maximum absolute atomic E-state index is 12.3. The van der Waals surface area contributed by atoms with Gasteiger partial charge in [-0.15, -0.1) is 0 Å². The number of carbonyl (C=O) groups is 1. The molecule has 0 aliphatic carbocycles. The molecule has 2 aromatic rings. The Morgan fingerprint density at radius 3 is 1.81 bits per heavy atom. The maximum atomic E-state index is 12.3. The number of ether oxygens (including phenoxy) is 3. The summed E-state index contributed by atoms with van der Waals surface area (Å²) in [6, 6.07) is 16.1. The predicted molar refractivity (Wildman–Crippen MR) is 172 cm³/mol. The van der Waals surface area contributed by atoms with Crippen LogP contribution < -0.4 is 4.57 Å². The molecule has 1 heterocycles. The first-order valence-corrected chi connectivity index (χ1v) is 17.1. The number of aryl methyl sites for hydroxylation is 1. The zero-order valence-corrected chi connectivity index (χ0v) is 26.7. The molecule has 0 amide bonds. The van der Waals surface area contributed by atoms with Crippen LogP contribution in [-0.4, -0.2) is 31.9 Å². The summed E-state index contributed by atoms with van der Waals surface area (Å²) in [4.78, 5) is 12.3. The van der Waals surface area contributed by atoms with Crippen molar-refractivity contribution in [3.8, 4) is 0 Å². The van der Waals surface area contributed by atoms with Gasteiger partial charge < -0.3 is 14.2 Å². The number of benzene rings is 1. The van der Waals surface area contributed by atoms with Crippen molar-refractivity contribution in [2.24, 2.45) is 0 Å². The molecule has 0 N–H and O–H groups in total. The first-order valence-electron chi connectivity index (χ1n) is 17.1. The second-order valence-electron chi connectivity index (χ2n) is 11.7. The predicted octanol–water partition coefficient (Wildman–Crippen LogP) is 9.16. The van der Waals surface area contributed by atoms with Gasteiger partial charge in [0.2, 0.25) is 0 Å². The van der Waals surface area contributed by atoms with Crippen LogP contribution in [0.2, 0.25) is 0 Å². The van der Waals surface area contributed by atoms with Crippen molar-refractivity contribution in [1.29, 1.82) is 0 Å². The van der Waals surface area contributed by atoms with Gasteiger partial charge in [0.1, 0.15) is 19.3 Å². The van der Waals surface area contributed by atoms with Crippen molar-refractivity contribution in [3.05, 3.63) is 66.5 Å². The third-order valence-electron chi connectivity index (χ3n) is 7.78. The number of carbonyl (C=O) groups excluding carboxylic acids is 1. The van der Waals surface area contributed by atoms with Crippen molar-refractivity contribution >= 4 is 5.97 Å². The van der Waals surface area contributed by atoms with Crippen LogP contribution in [0.25, 0.3) is 0 Å². The molecule has 0 radical (unpaired) electrons. The fourth-order valence-corrected chi connectivity index (χ4v) is 5.15. The van der Waals surface area contributed by atoms with E-state index in [1.165, 1.54) is 96.3 Å². The highest BCUT2D eigenvalue weighted by Gasteiger charge is 2.14. The average molecular weight is 583 g/mol. The number of nitrogens with zero attached hydrogens (tertiary/aromatic N) is 1. The molecule has 2 rings (SSSR count). The van der Waals surface area contributed by atoms with Crippen molar-refractivity contribution in [1.82, 2.24) is 0 Å².